The highest BCUT2D eigenvalue weighted by Crippen LogP contribution is 2.29. The standard InChI is InChI=1S/C16H22F2N2O2/c1-11(17)14-5-7-20(9-15(14)12(2)18)16(21)10-19-6-4-13(8-19)22-3/h13H,1-2,4-10H2,3H3/t13-/m0/s1. The van der Waals surface area contributed by atoms with E-state index >= 15 is 0 Å². The van der Waals surface area contributed by atoms with Crippen molar-refractivity contribution >= 4 is 5.91 Å². The molecule has 2 aliphatic heterocycles. The lowest BCUT2D eigenvalue weighted by molar-refractivity contribution is -0.132. The summed E-state index contributed by atoms with van der Waals surface area (Å²) < 4.78 is 32.1. The Morgan fingerprint density at radius 2 is 1.95 bits per heavy atom. The minimum absolute atomic E-state index is 0.0496. The molecule has 0 radical (unpaired) electrons. The number of hydrogen-bond acceptors (Lipinski definition) is 3. The van der Waals surface area contributed by atoms with Gasteiger partial charge in [0.1, 0.15) is 11.7 Å². The van der Waals surface area contributed by atoms with E-state index < -0.39 is 11.7 Å². The first kappa shape index (κ1) is 16.8. The van der Waals surface area contributed by atoms with Gasteiger partial charge < -0.3 is 9.64 Å². The van der Waals surface area contributed by atoms with Crippen LogP contribution in [-0.4, -0.2) is 61.6 Å². The third-order valence-corrected chi connectivity index (χ3v) is 4.27. The second kappa shape index (κ2) is 7.15. The van der Waals surface area contributed by atoms with Gasteiger partial charge in [-0.15, -0.1) is 0 Å². The quantitative estimate of drug-likeness (QED) is 0.780. The van der Waals surface area contributed by atoms with Crippen molar-refractivity contribution in [1.82, 2.24) is 9.80 Å². The van der Waals surface area contributed by atoms with Gasteiger partial charge in [0.2, 0.25) is 5.91 Å². The van der Waals surface area contributed by atoms with Gasteiger partial charge in [-0.3, -0.25) is 9.69 Å². The first-order valence-electron chi connectivity index (χ1n) is 7.37. The Balaban J connectivity index is 1.98. The van der Waals surface area contributed by atoms with Crippen molar-refractivity contribution in [2.24, 2.45) is 0 Å². The first-order chi connectivity index (χ1) is 10.4. The number of amides is 1. The molecule has 0 bridgehead atoms. The molecule has 2 heterocycles. The van der Waals surface area contributed by atoms with E-state index in [-0.39, 0.29) is 42.7 Å². The summed E-state index contributed by atoms with van der Waals surface area (Å²) in [6.45, 7) is 8.68. The first-order valence-corrected chi connectivity index (χ1v) is 7.37. The second-order valence-corrected chi connectivity index (χ2v) is 5.71. The zero-order valence-corrected chi connectivity index (χ0v) is 12.9. The molecule has 0 N–H and O–H groups in total. The molecule has 1 saturated heterocycles. The van der Waals surface area contributed by atoms with Gasteiger partial charge in [-0.05, 0) is 18.4 Å². The minimum atomic E-state index is -0.702. The minimum Gasteiger partial charge on any atom is -0.380 e. The van der Waals surface area contributed by atoms with Gasteiger partial charge in [0.15, 0.2) is 0 Å². The predicted octanol–water partition coefficient (Wildman–Crippen LogP) is 2.20. The van der Waals surface area contributed by atoms with Crippen molar-refractivity contribution in [3.8, 4) is 0 Å². The van der Waals surface area contributed by atoms with E-state index in [4.69, 9.17) is 4.74 Å². The molecule has 0 aromatic heterocycles. The molecule has 0 aromatic carbocycles. The van der Waals surface area contributed by atoms with Crippen molar-refractivity contribution in [2.75, 3.05) is 39.8 Å². The number of likely N-dealkylation sites (tertiary alicyclic amines) is 1. The fourth-order valence-electron chi connectivity index (χ4n) is 2.95. The van der Waals surface area contributed by atoms with E-state index in [1.807, 2.05) is 4.90 Å². The average molecular weight is 312 g/mol. The summed E-state index contributed by atoms with van der Waals surface area (Å²) in [6.07, 6.45) is 1.33. The van der Waals surface area contributed by atoms with E-state index in [1.54, 1.807) is 12.0 Å². The molecule has 122 valence electrons. The topological polar surface area (TPSA) is 32.8 Å². The molecule has 6 heteroatoms. The number of carbonyl (C=O) groups is 1. The molecule has 1 fully saturated rings. The van der Waals surface area contributed by atoms with Crippen LogP contribution in [0.3, 0.4) is 0 Å². The lowest BCUT2D eigenvalue weighted by Gasteiger charge is -2.31. The molecular formula is C16H22F2N2O2. The van der Waals surface area contributed by atoms with Crippen LogP contribution in [0, 0.1) is 0 Å². The highest BCUT2D eigenvalue weighted by molar-refractivity contribution is 5.79. The zero-order chi connectivity index (χ0) is 16.3. The number of methoxy groups -OCH3 is 1. The molecule has 0 aromatic rings. The van der Waals surface area contributed by atoms with Gasteiger partial charge in [0.05, 0.1) is 12.6 Å². The molecule has 22 heavy (non-hydrogen) atoms. The van der Waals surface area contributed by atoms with Gasteiger partial charge in [0, 0.05) is 38.9 Å². The molecule has 0 aliphatic carbocycles. The zero-order valence-electron chi connectivity index (χ0n) is 12.9. The van der Waals surface area contributed by atoms with E-state index in [0.717, 1.165) is 19.5 Å². The molecule has 2 aliphatic rings. The summed E-state index contributed by atoms with van der Waals surface area (Å²) in [6, 6.07) is 0. The summed E-state index contributed by atoms with van der Waals surface area (Å²) in [5.41, 5.74) is 0.375. The second-order valence-electron chi connectivity index (χ2n) is 5.71. The average Bonchev–Trinajstić information content (AvgIpc) is 2.94. The summed E-state index contributed by atoms with van der Waals surface area (Å²) in [5.74, 6) is -1.44. The van der Waals surface area contributed by atoms with Crippen LogP contribution in [0.5, 0.6) is 0 Å². The van der Waals surface area contributed by atoms with Gasteiger partial charge in [0.25, 0.3) is 0 Å². The van der Waals surface area contributed by atoms with Crippen molar-refractivity contribution in [3.05, 3.63) is 36.0 Å². The summed E-state index contributed by atoms with van der Waals surface area (Å²) in [5, 5.41) is 0. The Kier molecular flexibility index (Phi) is 5.47. The van der Waals surface area contributed by atoms with Gasteiger partial charge in [-0.25, -0.2) is 8.78 Å². The number of hydrogen-bond donors (Lipinski definition) is 0. The SMILES string of the molecule is C=C(F)C1=C(C(=C)F)CN(C(=O)CN2CC[C@H](OC)C2)CC1. The number of allylic oxidation sites excluding steroid dienone is 1. The van der Waals surface area contributed by atoms with Crippen LogP contribution in [0.2, 0.25) is 0 Å². The third kappa shape index (κ3) is 3.81. The highest BCUT2D eigenvalue weighted by atomic mass is 19.1. The predicted molar refractivity (Wildman–Crippen MR) is 80.6 cm³/mol. The Labute approximate surface area is 129 Å². The van der Waals surface area contributed by atoms with Crippen molar-refractivity contribution < 1.29 is 18.3 Å². The van der Waals surface area contributed by atoms with Crippen LogP contribution in [0.4, 0.5) is 8.78 Å². The number of rotatable bonds is 5. The lowest BCUT2D eigenvalue weighted by atomic mass is 9.98. The summed E-state index contributed by atoms with van der Waals surface area (Å²) in [4.78, 5) is 15.9. The fraction of sp³-hybridized carbons (Fsp3) is 0.562. The molecule has 2 rings (SSSR count). The van der Waals surface area contributed by atoms with Crippen LogP contribution in [0.15, 0.2) is 36.0 Å². The van der Waals surface area contributed by atoms with Gasteiger partial charge >= 0.3 is 0 Å². The lowest BCUT2D eigenvalue weighted by Crippen LogP contribution is -2.43. The number of halogens is 2. The Morgan fingerprint density at radius 1 is 1.27 bits per heavy atom. The van der Waals surface area contributed by atoms with Crippen molar-refractivity contribution in [2.45, 2.75) is 18.9 Å². The molecule has 0 saturated carbocycles. The summed E-state index contributed by atoms with van der Waals surface area (Å²) >= 11 is 0. The highest BCUT2D eigenvalue weighted by Gasteiger charge is 2.29. The van der Waals surface area contributed by atoms with Crippen LogP contribution in [-0.2, 0) is 9.53 Å². The van der Waals surface area contributed by atoms with Crippen LogP contribution in [0.25, 0.3) is 0 Å². The number of carbonyl (C=O) groups excluding carboxylic acids is 1. The Hall–Kier alpha value is -1.53. The largest absolute Gasteiger partial charge is 0.380 e. The molecule has 1 atom stereocenters. The maximum absolute atomic E-state index is 13.5. The van der Waals surface area contributed by atoms with Gasteiger partial charge in [-0.1, -0.05) is 13.2 Å². The maximum atomic E-state index is 13.5. The fourth-order valence-corrected chi connectivity index (χ4v) is 2.95. The molecular weight excluding hydrogens is 290 g/mol. The summed E-state index contributed by atoms with van der Waals surface area (Å²) in [7, 11) is 1.66. The van der Waals surface area contributed by atoms with E-state index in [2.05, 4.69) is 13.2 Å². The number of nitrogens with zero attached hydrogens (tertiary/aromatic N) is 2. The molecule has 4 nitrogen and oxygen atoms in total. The van der Waals surface area contributed by atoms with Crippen molar-refractivity contribution in [3.63, 3.8) is 0 Å². The smallest absolute Gasteiger partial charge is 0.237 e. The Morgan fingerprint density at radius 3 is 2.50 bits per heavy atom. The third-order valence-electron chi connectivity index (χ3n) is 4.27. The van der Waals surface area contributed by atoms with Gasteiger partial charge in [-0.2, -0.15) is 0 Å². The van der Waals surface area contributed by atoms with E-state index in [1.165, 1.54) is 0 Å². The molecule has 0 unspecified atom stereocenters. The number of ether oxygens (including phenoxy) is 1. The monoisotopic (exact) mass is 312 g/mol. The maximum Gasteiger partial charge on any atom is 0.237 e. The van der Waals surface area contributed by atoms with E-state index in [0.29, 0.717) is 6.54 Å². The Bertz CT molecular complexity index is 516. The van der Waals surface area contributed by atoms with E-state index in [9.17, 15) is 13.6 Å². The van der Waals surface area contributed by atoms with Crippen LogP contribution < -0.4 is 0 Å². The normalized spacial score (nSPS) is 23.0. The van der Waals surface area contributed by atoms with Crippen LogP contribution >= 0.6 is 0 Å². The van der Waals surface area contributed by atoms with Crippen LogP contribution in [0.1, 0.15) is 12.8 Å². The van der Waals surface area contributed by atoms with Crippen molar-refractivity contribution in [1.29, 1.82) is 0 Å². The molecule has 1 amide bonds. The molecule has 0 spiro atoms.